The first-order valence-corrected chi connectivity index (χ1v) is 5.71. The molecule has 2 aromatic rings. The lowest BCUT2D eigenvalue weighted by atomic mass is 10.2. The van der Waals surface area contributed by atoms with Crippen LogP contribution < -0.4 is 11.1 Å². The molecule has 76 valence electrons. The maximum atomic E-state index is 5.69. The van der Waals surface area contributed by atoms with E-state index in [9.17, 15) is 0 Å². The van der Waals surface area contributed by atoms with Gasteiger partial charge in [-0.1, -0.05) is 18.2 Å². The SMILES string of the molecule is Nc1ccc(Nc2ccccc2)c(I)c1. The van der Waals surface area contributed by atoms with Gasteiger partial charge in [0.1, 0.15) is 0 Å². The molecule has 0 saturated carbocycles. The number of nitrogens with one attached hydrogen (secondary N) is 1. The number of nitrogens with two attached hydrogens (primary N) is 1. The largest absolute Gasteiger partial charge is 0.399 e. The number of halogens is 1. The van der Waals surface area contributed by atoms with Crippen molar-refractivity contribution in [2.24, 2.45) is 0 Å². The number of benzene rings is 2. The topological polar surface area (TPSA) is 38.0 Å². The van der Waals surface area contributed by atoms with Crippen LogP contribution in [0.4, 0.5) is 17.1 Å². The molecule has 0 aliphatic rings. The van der Waals surface area contributed by atoms with E-state index in [-0.39, 0.29) is 0 Å². The molecule has 0 aliphatic carbocycles. The van der Waals surface area contributed by atoms with Crippen LogP contribution >= 0.6 is 22.6 Å². The molecule has 3 heteroatoms. The number of para-hydroxylation sites is 1. The van der Waals surface area contributed by atoms with Crippen molar-refractivity contribution in [1.29, 1.82) is 0 Å². The Bertz CT molecular complexity index is 454. The lowest BCUT2D eigenvalue weighted by molar-refractivity contribution is 1.52. The van der Waals surface area contributed by atoms with Crippen LogP contribution in [0.2, 0.25) is 0 Å². The maximum Gasteiger partial charge on any atom is 0.0521 e. The van der Waals surface area contributed by atoms with Gasteiger partial charge in [-0.3, -0.25) is 0 Å². The van der Waals surface area contributed by atoms with Gasteiger partial charge in [-0.2, -0.15) is 0 Å². The molecule has 15 heavy (non-hydrogen) atoms. The molecule has 0 bridgehead atoms. The van der Waals surface area contributed by atoms with Gasteiger partial charge in [0.2, 0.25) is 0 Å². The van der Waals surface area contributed by atoms with Crippen LogP contribution in [0, 0.1) is 3.57 Å². The number of anilines is 3. The quantitative estimate of drug-likeness (QED) is 0.657. The number of rotatable bonds is 2. The first-order valence-electron chi connectivity index (χ1n) is 4.63. The highest BCUT2D eigenvalue weighted by Crippen LogP contribution is 2.24. The molecule has 0 spiro atoms. The van der Waals surface area contributed by atoms with Crippen LogP contribution in [0.5, 0.6) is 0 Å². The van der Waals surface area contributed by atoms with E-state index in [1.54, 1.807) is 0 Å². The molecule has 0 heterocycles. The highest BCUT2D eigenvalue weighted by atomic mass is 127. The molecule has 0 amide bonds. The van der Waals surface area contributed by atoms with Gasteiger partial charge in [0.15, 0.2) is 0 Å². The lowest BCUT2D eigenvalue weighted by Gasteiger charge is -2.08. The van der Waals surface area contributed by atoms with Crippen molar-refractivity contribution >= 4 is 39.7 Å². The highest BCUT2D eigenvalue weighted by Gasteiger charge is 1.99. The molecule has 0 saturated heterocycles. The Balaban J connectivity index is 2.25. The summed E-state index contributed by atoms with van der Waals surface area (Å²) in [5.74, 6) is 0. The fraction of sp³-hybridized carbons (Fsp3) is 0. The summed E-state index contributed by atoms with van der Waals surface area (Å²) in [6, 6.07) is 15.9. The third kappa shape index (κ3) is 2.62. The Morgan fingerprint density at radius 3 is 2.40 bits per heavy atom. The zero-order valence-corrected chi connectivity index (χ0v) is 10.2. The van der Waals surface area contributed by atoms with Gasteiger partial charge in [0.05, 0.1) is 5.69 Å². The standard InChI is InChI=1S/C12H11IN2/c13-11-8-9(14)6-7-12(11)15-10-4-2-1-3-5-10/h1-8,15H,14H2. The summed E-state index contributed by atoms with van der Waals surface area (Å²) in [7, 11) is 0. The second-order valence-corrected chi connectivity index (χ2v) is 4.39. The van der Waals surface area contributed by atoms with Crippen molar-refractivity contribution < 1.29 is 0 Å². The molecule has 0 radical (unpaired) electrons. The fourth-order valence-electron chi connectivity index (χ4n) is 1.31. The van der Waals surface area contributed by atoms with Gasteiger partial charge >= 0.3 is 0 Å². The summed E-state index contributed by atoms with van der Waals surface area (Å²) in [5.41, 5.74) is 8.64. The Labute approximate surface area is 103 Å². The van der Waals surface area contributed by atoms with E-state index in [0.717, 1.165) is 20.6 Å². The van der Waals surface area contributed by atoms with E-state index in [1.807, 2.05) is 48.5 Å². The van der Waals surface area contributed by atoms with Crippen molar-refractivity contribution in [3.05, 3.63) is 52.1 Å². The molecular weight excluding hydrogens is 299 g/mol. The van der Waals surface area contributed by atoms with Crippen LogP contribution in [-0.2, 0) is 0 Å². The lowest BCUT2D eigenvalue weighted by Crippen LogP contribution is -1.94. The molecule has 2 aromatic carbocycles. The van der Waals surface area contributed by atoms with Crippen molar-refractivity contribution in [3.8, 4) is 0 Å². The first kappa shape index (κ1) is 10.3. The van der Waals surface area contributed by atoms with Crippen LogP contribution in [0.25, 0.3) is 0 Å². The molecule has 0 fully saturated rings. The molecule has 3 N–H and O–H groups in total. The van der Waals surface area contributed by atoms with Crippen molar-refractivity contribution in [2.45, 2.75) is 0 Å². The summed E-state index contributed by atoms with van der Waals surface area (Å²) >= 11 is 2.27. The average molecular weight is 310 g/mol. The summed E-state index contributed by atoms with van der Waals surface area (Å²) in [5, 5.41) is 3.34. The smallest absolute Gasteiger partial charge is 0.0521 e. The second-order valence-electron chi connectivity index (χ2n) is 3.23. The third-order valence-electron chi connectivity index (χ3n) is 2.05. The predicted octanol–water partition coefficient (Wildman–Crippen LogP) is 3.62. The van der Waals surface area contributed by atoms with Gasteiger partial charge in [0, 0.05) is 14.9 Å². The van der Waals surface area contributed by atoms with Gasteiger partial charge in [-0.25, -0.2) is 0 Å². The number of hydrogen-bond acceptors (Lipinski definition) is 2. The van der Waals surface area contributed by atoms with Crippen LogP contribution in [0.3, 0.4) is 0 Å². The Kier molecular flexibility index (Phi) is 3.11. The van der Waals surface area contributed by atoms with E-state index in [2.05, 4.69) is 27.9 Å². The normalized spacial score (nSPS) is 9.93. The number of nitrogen functional groups attached to an aromatic ring is 1. The van der Waals surface area contributed by atoms with Crippen LogP contribution in [-0.4, -0.2) is 0 Å². The zero-order chi connectivity index (χ0) is 10.7. The molecule has 0 atom stereocenters. The predicted molar refractivity (Wildman–Crippen MR) is 73.3 cm³/mol. The fourth-order valence-corrected chi connectivity index (χ4v) is 1.98. The molecule has 2 nitrogen and oxygen atoms in total. The monoisotopic (exact) mass is 310 g/mol. The maximum absolute atomic E-state index is 5.69. The highest BCUT2D eigenvalue weighted by molar-refractivity contribution is 14.1. The minimum Gasteiger partial charge on any atom is -0.399 e. The number of hydrogen-bond donors (Lipinski definition) is 2. The van der Waals surface area contributed by atoms with E-state index in [1.165, 1.54) is 0 Å². The minimum atomic E-state index is 0.790. The van der Waals surface area contributed by atoms with Gasteiger partial charge in [0.25, 0.3) is 0 Å². The Hall–Kier alpha value is -1.23. The summed E-state index contributed by atoms with van der Waals surface area (Å²) < 4.78 is 1.12. The van der Waals surface area contributed by atoms with Gasteiger partial charge < -0.3 is 11.1 Å². The third-order valence-corrected chi connectivity index (χ3v) is 2.94. The molecule has 2 rings (SSSR count). The van der Waals surface area contributed by atoms with Crippen molar-refractivity contribution in [1.82, 2.24) is 0 Å². The summed E-state index contributed by atoms with van der Waals surface area (Å²) in [6.07, 6.45) is 0. The minimum absolute atomic E-state index is 0.790. The van der Waals surface area contributed by atoms with Crippen LogP contribution in [0.1, 0.15) is 0 Å². The Morgan fingerprint density at radius 2 is 1.73 bits per heavy atom. The Morgan fingerprint density at radius 1 is 1.00 bits per heavy atom. The van der Waals surface area contributed by atoms with Crippen molar-refractivity contribution in [2.75, 3.05) is 11.1 Å². The van der Waals surface area contributed by atoms with Crippen LogP contribution in [0.15, 0.2) is 48.5 Å². The molecule has 0 aromatic heterocycles. The molecule has 0 aliphatic heterocycles. The van der Waals surface area contributed by atoms with Crippen molar-refractivity contribution in [3.63, 3.8) is 0 Å². The van der Waals surface area contributed by atoms with E-state index in [0.29, 0.717) is 0 Å². The average Bonchev–Trinajstić information content (AvgIpc) is 2.24. The van der Waals surface area contributed by atoms with Gasteiger partial charge in [-0.05, 0) is 52.9 Å². The van der Waals surface area contributed by atoms with E-state index in [4.69, 9.17) is 5.73 Å². The summed E-state index contributed by atoms with van der Waals surface area (Å²) in [6.45, 7) is 0. The summed E-state index contributed by atoms with van der Waals surface area (Å²) in [4.78, 5) is 0. The van der Waals surface area contributed by atoms with Gasteiger partial charge in [-0.15, -0.1) is 0 Å². The van der Waals surface area contributed by atoms with E-state index >= 15 is 0 Å². The second kappa shape index (κ2) is 4.53. The van der Waals surface area contributed by atoms with E-state index < -0.39 is 0 Å². The molecular formula is C12H11IN2. The first-order chi connectivity index (χ1) is 7.25. The zero-order valence-electron chi connectivity index (χ0n) is 8.07. The molecule has 0 unspecified atom stereocenters.